The molecule has 0 N–H and O–H groups in total. The summed E-state index contributed by atoms with van der Waals surface area (Å²) in [6.07, 6.45) is 2.95. The predicted molar refractivity (Wildman–Crippen MR) is 38.0 cm³/mol. The quantitative estimate of drug-likeness (QED) is 0.476. The predicted octanol–water partition coefficient (Wildman–Crippen LogP) is -3.80. The van der Waals surface area contributed by atoms with E-state index in [4.69, 9.17) is 23.1 Å². The SMILES string of the molecule is [O-][Cl+3]([O-])([O-])[O-].c1ccc(-[n+]2cocn2)cc1. The van der Waals surface area contributed by atoms with Crippen LogP contribution in [-0.4, -0.2) is 5.10 Å². The second kappa shape index (κ2) is 5.54. The molecule has 1 heterocycles. The molecule has 0 aliphatic heterocycles. The largest absolute Gasteiger partial charge is 0.390 e. The number of hydrogen-bond donors (Lipinski definition) is 0. The molecule has 0 saturated heterocycles. The van der Waals surface area contributed by atoms with Crippen LogP contribution < -0.4 is 23.3 Å². The maximum absolute atomic E-state index is 8.49. The highest BCUT2D eigenvalue weighted by Gasteiger charge is 2.05. The van der Waals surface area contributed by atoms with Crippen molar-refractivity contribution in [2.75, 3.05) is 0 Å². The molecule has 16 heavy (non-hydrogen) atoms. The normalized spacial score (nSPS) is 10.5. The van der Waals surface area contributed by atoms with E-state index < -0.39 is 10.2 Å². The fraction of sp³-hybridized carbons (Fsp3) is 0. The monoisotopic (exact) mass is 246 g/mol. The average Bonchev–Trinajstić information content (AvgIpc) is 2.69. The molecule has 0 amide bonds. The van der Waals surface area contributed by atoms with Gasteiger partial charge in [0.25, 0.3) is 6.39 Å². The van der Waals surface area contributed by atoms with Gasteiger partial charge in [-0.05, 0) is 4.68 Å². The zero-order valence-electron chi connectivity index (χ0n) is 7.86. The Bertz CT molecular complexity index is 394. The van der Waals surface area contributed by atoms with Gasteiger partial charge in [0, 0.05) is 17.2 Å². The van der Waals surface area contributed by atoms with Gasteiger partial charge in [0.05, 0.1) is 0 Å². The summed E-state index contributed by atoms with van der Waals surface area (Å²) in [6.45, 7) is 0. The summed E-state index contributed by atoms with van der Waals surface area (Å²) in [6, 6.07) is 9.79. The number of aromatic nitrogens is 2. The maximum atomic E-state index is 8.49. The van der Waals surface area contributed by atoms with Gasteiger partial charge in [-0.15, -0.1) is 10.2 Å². The van der Waals surface area contributed by atoms with Crippen LogP contribution in [0.15, 0.2) is 47.5 Å². The Labute approximate surface area is 92.5 Å². The lowest BCUT2D eigenvalue weighted by Gasteiger charge is -2.17. The van der Waals surface area contributed by atoms with E-state index in [2.05, 4.69) is 5.10 Å². The van der Waals surface area contributed by atoms with E-state index >= 15 is 0 Å². The molecule has 1 aromatic heterocycles. The van der Waals surface area contributed by atoms with Gasteiger partial charge in [0.1, 0.15) is 0 Å². The molecule has 0 unspecified atom stereocenters. The van der Waals surface area contributed by atoms with Crippen LogP contribution in [0.25, 0.3) is 5.69 Å². The highest BCUT2D eigenvalue weighted by Crippen LogP contribution is 1.95. The summed E-state index contributed by atoms with van der Waals surface area (Å²) in [5.74, 6) is 0. The second-order valence-corrected chi connectivity index (χ2v) is 3.28. The average molecular weight is 247 g/mol. The molecule has 0 atom stereocenters. The van der Waals surface area contributed by atoms with Crippen molar-refractivity contribution in [2.45, 2.75) is 0 Å². The summed E-state index contributed by atoms with van der Waals surface area (Å²) in [7, 11) is -4.94. The molecule has 2 rings (SSSR count). The van der Waals surface area contributed by atoms with E-state index in [1.54, 1.807) is 11.1 Å². The number of nitrogens with zero attached hydrogens (tertiary/aromatic N) is 2. The maximum Gasteiger partial charge on any atom is 0.367 e. The highest BCUT2D eigenvalue weighted by atomic mass is 35.7. The first-order chi connectivity index (χ1) is 7.47. The smallest absolute Gasteiger partial charge is 0.367 e. The molecule has 0 fully saturated rings. The van der Waals surface area contributed by atoms with Crippen LogP contribution in [0.5, 0.6) is 0 Å². The Morgan fingerprint density at radius 1 is 1.06 bits per heavy atom. The lowest BCUT2D eigenvalue weighted by Crippen LogP contribution is -2.68. The van der Waals surface area contributed by atoms with Crippen molar-refractivity contribution < 1.29 is 38.0 Å². The van der Waals surface area contributed by atoms with Crippen LogP contribution in [0.3, 0.4) is 0 Å². The lowest BCUT2D eigenvalue weighted by atomic mass is 10.3. The molecular formula is C8H7ClN2O5. The third-order valence-electron chi connectivity index (χ3n) is 1.41. The first-order valence-corrected chi connectivity index (χ1v) is 5.17. The van der Waals surface area contributed by atoms with Gasteiger partial charge in [-0.25, -0.2) is 18.6 Å². The Kier molecular flexibility index (Phi) is 4.35. The van der Waals surface area contributed by atoms with E-state index in [0.717, 1.165) is 5.69 Å². The van der Waals surface area contributed by atoms with Crippen molar-refractivity contribution in [2.24, 2.45) is 0 Å². The third kappa shape index (κ3) is 5.39. The third-order valence-corrected chi connectivity index (χ3v) is 1.41. The minimum absolute atomic E-state index is 1.00. The zero-order valence-corrected chi connectivity index (χ0v) is 8.61. The van der Waals surface area contributed by atoms with E-state index in [9.17, 15) is 0 Å². The van der Waals surface area contributed by atoms with Crippen LogP contribution >= 0.6 is 0 Å². The summed E-state index contributed by atoms with van der Waals surface area (Å²) in [5.41, 5.74) is 1.00. The Morgan fingerprint density at radius 3 is 2.06 bits per heavy atom. The van der Waals surface area contributed by atoms with Crippen LogP contribution in [0.2, 0.25) is 0 Å². The molecule has 0 aliphatic carbocycles. The van der Waals surface area contributed by atoms with Gasteiger partial charge in [-0.2, -0.15) is 0 Å². The van der Waals surface area contributed by atoms with E-state index in [-0.39, 0.29) is 0 Å². The summed E-state index contributed by atoms with van der Waals surface area (Å²) in [5, 5.41) is 3.94. The van der Waals surface area contributed by atoms with Gasteiger partial charge >= 0.3 is 6.39 Å². The molecule has 0 spiro atoms. The van der Waals surface area contributed by atoms with Crippen molar-refractivity contribution >= 4 is 0 Å². The summed E-state index contributed by atoms with van der Waals surface area (Å²) < 4.78 is 40.5. The van der Waals surface area contributed by atoms with Crippen LogP contribution in [0, 0.1) is 10.2 Å². The minimum Gasteiger partial charge on any atom is -0.390 e. The fourth-order valence-electron chi connectivity index (χ4n) is 0.898. The minimum atomic E-state index is -4.94. The molecule has 7 nitrogen and oxygen atoms in total. The molecule has 0 saturated carbocycles. The van der Waals surface area contributed by atoms with Gasteiger partial charge < -0.3 is 4.42 Å². The van der Waals surface area contributed by atoms with Crippen molar-refractivity contribution in [3.8, 4) is 5.69 Å². The van der Waals surface area contributed by atoms with Crippen molar-refractivity contribution in [3.05, 3.63) is 43.1 Å². The molecule has 86 valence electrons. The second-order valence-electron chi connectivity index (χ2n) is 2.52. The van der Waals surface area contributed by atoms with Crippen LogP contribution in [0.1, 0.15) is 0 Å². The van der Waals surface area contributed by atoms with Crippen molar-refractivity contribution in [1.29, 1.82) is 0 Å². The molecule has 0 bridgehead atoms. The first-order valence-electron chi connectivity index (χ1n) is 3.94. The molecule has 8 heteroatoms. The van der Waals surface area contributed by atoms with Crippen LogP contribution in [0.4, 0.5) is 0 Å². The Hall–Kier alpha value is -1.51. The fourth-order valence-corrected chi connectivity index (χ4v) is 0.898. The standard InChI is InChI=1S/C8H7N2O.ClHO4/c1-2-4-8(5-3-1)10-7-11-6-9-10;2-1(3,4)5/h1-7H;(H,2,3,4,5)/q+1;/p-1. The number of benzene rings is 1. The van der Waals surface area contributed by atoms with E-state index in [0.29, 0.717) is 0 Å². The zero-order chi connectivity index (χ0) is 12.0. The summed E-state index contributed by atoms with van der Waals surface area (Å²) in [4.78, 5) is 0. The molecule has 2 aromatic rings. The van der Waals surface area contributed by atoms with Gasteiger partial charge in [0.2, 0.25) is 5.69 Å². The van der Waals surface area contributed by atoms with Gasteiger partial charge in [0.15, 0.2) is 0 Å². The van der Waals surface area contributed by atoms with Crippen molar-refractivity contribution in [1.82, 2.24) is 5.10 Å². The number of hydrogen-bond acceptors (Lipinski definition) is 6. The first kappa shape index (κ1) is 12.6. The van der Waals surface area contributed by atoms with Crippen molar-refractivity contribution in [3.63, 3.8) is 0 Å². The molecule has 1 aromatic carbocycles. The number of halogens is 1. The molecule has 0 radical (unpaired) electrons. The highest BCUT2D eigenvalue weighted by molar-refractivity contribution is 5.20. The molecular weight excluding hydrogens is 240 g/mol. The van der Waals surface area contributed by atoms with E-state index in [1.807, 2.05) is 30.3 Å². The van der Waals surface area contributed by atoms with E-state index in [1.165, 1.54) is 6.39 Å². The Balaban J connectivity index is 0.000000221. The van der Waals surface area contributed by atoms with Gasteiger partial charge in [-0.1, -0.05) is 18.2 Å². The van der Waals surface area contributed by atoms with Gasteiger partial charge in [-0.3, -0.25) is 0 Å². The topological polar surface area (TPSA) is 122 Å². The number of rotatable bonds is 1. The number of para-hydroxylation sites is 1. The lowest BCUT2D eigenvalue weighted by molar-refractivity contribution is -2.00. The Morgan fingerprint density at radius 2 is 1.62 bits per heavy atom. The molecule has 0 aliphatic rings. The summed E-state index contributed by atoms with van der Waals surface area (Å²) >= 11 is 0. The van der Waals surface area contributed by atoms with Crippen LogP contribution in [-0.2, 0) is 0 Å².